The number of carbonyl (C=O) groups excluding carboxylic acids is 2. The summed E-state index contributed by atoms with van der Waals surface area (Å²) in [6.45, 7) is 3.24. The first kappa shape index (κ1) is 20.0. The number of piperidine rings is 1. The van der Waals surface area contributed by atoms with Crippen LogP contribution in [-0.4, -0.2) is 34.8 Å². The molecular weight excluding hydrogens is 381 g/mol. The van der Waals surface area contributed by atoms with Crippen LogP contribution in [0.5, 0.6) is 0 Å². The van der Waals surface area contributed by atoms with E-state index in [1.807, 2.05) is 36.1 Å². The zero-order valence-corrected chi connectivity index (χ0v) is 16.9. The van der Waals surface area contributed by atoms with Crippen LogP contribution in [0, 0.1) is 12.7 Å². The van der Waals surface area contributed by atoms with Crippen LogP contribution in [0.1, 0.15) is 45.9 Å². The number of aryl methyl sites for hydroxylation is 1. The van der Waals surface area contributed by atoms with E-state index in [1.54, 1.807) is 12.1 Å². The van der Waals surface area contributed by atoms with Crippen LogP contribution < -0.4 is 5.73 Å². The molecule has 6 heteroatoms. The van der Waals surface area contributed by atoms with Crippen molar-refractivity contribution in [1.82, 2.24) is 9.88 Å². The Kier molecular flexibility index (Phi) is 5.48. The highest BCUT2D eigenvalue weighted by Crippen LogP contribution is 2.31. The molecule has 30 heavy (non-hydrogen) atoms. The summed E-state index contributed by atoms with van der Waals surface area (Å²) in [5, 5.41) is 0.554. The lowest BCUT2D eigenvalue weighted by Gasteiger charge is -2.32. The van der Waals surface area contributed by atoms with Gasteiger partial charge in [-0.3, -0.25) is 14.6 Å². The SMILES string of the molecule is Cc1ccc(CC(=O)N2CCC(c3nc4ccc(F)cc4cc3C(N)=O)CC2)cc1. The van der Waals surface area contributed by atoms with Crippen molar-refractivity contribution in [3.8, 4) is 0 Å². The molecule has 154 valence electrons. The number of hydrogen-bond acceptors (Lipinski definition) is 3. The van der Waals surface area contributed by atoms with Crippen LogP contribution >= 0.6 is 0 Å². The molecule has 2 aromatic carbocycles. The van der Waals surface area contributed by atoms with E-state index >= 15 is 0 Å². The number of fused-ring (bicyclic) bond motifs is 1. The summed E-state index contributed by atoms with van der Waals surface area (Å²) < 4.78 is 13.5. The van der Waals surface area contributed by atoms with Gasteiger partial charge in [-0.2, -0.15) is 0 Å². The van der Waals surface area contributed by atoms with E-state index in [1.165, 1.54) is 17.7 Å². The van der Waals surface area contributed by atoms with Gasteiger partial charge in [0.1, 0.15) is 5.82 Å². The fraction of sp³-hybridized carbons (Fsp3) is 0.292. The lowest BCUT2D eigenvalue weighted by Crippen LogP contribution is -2.39. The Hall–Kier alpha value is -3.28. The van der Waals surface area contributed by atoms with E-state index in [2.05, 4.69) is 4.98 Å². The Morgan fingerprint density at radius 2 is 1.80 bits per heavy atom. The van der Waals surface area contributed by atoms with Gasteiger partial charge in [0.2, 0.25) is 5.91 Å². The molecule has 0 bridgehead atoms. The van der Waals surface area contributed by atoms with Crippen molar-refractivity contribution < 1.29 is 14.0 Å². The number of nitrogens with two attached hydrogens (primary N) is 1. The first-order chi connectivity index (χ1) is 14.4. The van der Waals surface area contributed by atoms with E-state index < -0.39 is 5.91 Å². The summed E-state index contributed by atoms with van der Waals surface area (Å²) in [6, 6.07) is 13.9. The number of halogens is 1. The molecule has 0 atom stereocenters. The third-order valence-corrected chi connectivity index (χ3v) is 5.78. The van der Waals surface area contributed by atoms with Crippen LogP contribution in [0.4, 0.5) is 4.39 Å². The lowest BCUT2D eigenvalue weighted by atomic mass is 9.89. The smallest absolute Gasteiger partial charge is 0.250 e. The first-order valence-electron chi connectivity index (χ1n) is 10.1. The number of nitrogens with zero attached hydrogens (tertiary/aromatic N) is 2. The molecule has 0 spiro atoms. The van der Waals surface area contributed by atoms with Crippen molar-refractivity contribution >= 4 is 22.7 Å². The number of likely N-dealkylation sites (tertiary alicyclic amines) is 1. The highest BCUT2D eigenvalue weighted by Gasteiger charge is 2.27. The molecule has 0 aliphatic carbocycles. The van der Waals surface area contributed by atoms with Crippen LogP contribution in [-0.2, 0) is 11.2 Å². The highest BCUT2D eigenvalue weighted by molar-refractivity contribution is 5.97. The molecule has 1 aliphatic heterocycles. The molecule has 1 aliphatic rings. The van der Waals surface area contributed by atoms with Crippen molar-refractivity contribution in [2.75, 3.05) is 13.1 Å². The monoisotopic (exact) mass is 405 g/mol. The zero-order valence-electron chi connectivity index (χ0n) is 16.9. The fourth-order valence-corrected chi connectivity index (χ4v) is 4.07. The van der Waals surface area contributed by atoms with Gasteiger partial charge in [-0.1, -0.05) is 29.8 Å². The standard InChI is InChI=1S/C24H24FN3O2/c1-15-2-4-16(5-3-15)12-22(29)28-10-8-17(9-11-28)23-20(24(26)30)14-18-13-19(25)6-7-21(18)27-23/h2-7,13-14,17H,8-12H2,1H3,(H2,26,30). The summed E-state index contributed by atoms with van der Waals surface area (Å²) in [7, 11) is 0. The van der Waals surface area contributed by atoms with Gasteiger partial charge >= 0.3 is 0 Å². The summed E-state index contributed by atoms with van der Waals surface area (Å²) in [5.41, 5.74) is 9.37. The zero-order chi connectivity index (χ0) is 21.3. The molecule has 2 heterocycles. The van der Waals surface area contributed by atoms with E-state index in [9.17, 15) is 14.0 Å². The van der Waals surface area contributed by atoms with Gasteiger partial charge in [-0.05, 0) is 49.6 Å². The Balaban J connectivity index is 1.49. The highest BCUT2D eigenvalue weighted by atomic mass is 19.1. The quantitative estimate of drug-likeness (QED) is 0.719. The molecule has 4 rings (SSSR count). The molecule has 0 saturated carbocycles. The Morgan fingerprint density at radius 1 is 1.10 bits per heavy atom. The number of carbonyl (C=O) groups is 2. The van der Waals surface area contributed by atoms with E-state index in [0.29, 0.717) is 54.5 Å². The lowest BCUT2D eigenvalue weighted by molar-refractivity contribution is -0.131. The third kappa shape index (κ3) is 4.17. The summed E-state index contributed by atoms with van der Waals surface area (Å²) in [5.74, 6) is -0.811. The second-order valence-corrected chi connectivity index (χ2v) is 7.94. The van der Waals surface area contributed by atoms with Crippen LogP contribution in [0.2, 0.25) is 0 Å². The molecule has 1 fully saturated rings. The van der Waals surface area contributed by atoms with Gasteiger partial charge < -0.3 is 10.6 Å². The van der Waals surface area contributed by atoms with Gasteiger partial charge in [0.05, 0.1) is 23.2 Å². The van der Waals surface area contributed by atoms with Gasteiger partial charge in [0.25, 0.3) is 5.91 Å². The Bertz CT molecular complexity index is 1100. The minimum atomic E-state index is -0.568. The van der Waals surface area contributed by atoms with Gasteiger partial charge in [0.15, 0.2) is 0 Å². The molecule has 0 radical (unpaired) electrons. The Labute approximate surface area is 174 Å². The minimum Gasteiger partial charge on any atom is -0.366 e. The molecule has 1 saturated heterocycles. The molecule has 3 aromatic rings. The first-order valence-corrected chi connectivity index (χ1v) is 10.1. The maximum Gasteiger partial charge on any atom is 0.250 e. The van der Waals surface area contributed by atoms with Crippen molar-refractivity contribution in [3.63, 3.8) is 0 Å². The molecular formula is C24H24FN3O2. The second-order valence-electron chi connectivity index (χ2n) is 7.94. The minimum absolute atomic E-state index is 0.0328. The van der Waals surface area contributed by atoms with E-state index in [-0.39, 0.29) is 17.6 Å². The third-order valence-electron chi connectivity index (χ3n) is 5.78. The molecule has 2 N–H and O–H groups in total. The predicted octanol–water partition coefficient (Wildman–Crippen LogP) is 3.73. The normalized spacial score (nSPS) is 14.8. The number of amides is 2. The maximum absolute atomic E-state index is 13.5. The fourth-order valence-electron chi connectivity index (χ4n) is 4.07. The summed E-state index contributed by atoms with van der Waals surface area (Å²) >= 11 is 0. The van der Waals surface area contributed by atoms with Crippen LogP contribution in [0.15, 0.2) is 48.5 Å². The van der Waals surface area contributed by atoms with Crippen LogP contribution in [0.25, 0.3) is 10.9 Å². The van der Waals surface area contributed by atoms with Gasteiger partial charge in [-0.15, -0.1) is 0 Å². The van der Waals surface area contributed by atoms with Gasteiger partial charge in [-0.25, -0.2) is 4.39 Å². The largest absolute Gasteiger partial charge is 0.366 e. The molecule has 2 amide bonds. The maximum atomic E-state index is 13.5. The summed E-state index contributed by atoms with van der Waals surface area (Å²) in [4.78, 5) is 31.2. The van der Waals surface area contributed by atoms with Crippen molar-refractivity contribution in [2.45, 2.75) is 32.1 Å². The Morgan fingerprint density at radius 3 is 2.47 bits per heavy atom. The average Bonchev–Trinajstić information content (AvgIpc) is 2.74. The topological polar surface area (TPSA) is 76.3 Å². The number of primary amides is 1. The molecule has 1 aromatic heterocycles. The van der Waals surface area contributed by atoms with Crippen molar-refractivity contribution in [2.24, 2.45) is 5.73 Å². The second kappa shape index (κ2) is 8.22. The van der Waals surface area contributed by atoms with Gasteiger partial charge in [0, 0.05) is 24.4 Å². The van der Waals surface area contributed by atoms with E-state index in [4.69, 9.17) is 5.73 Å². The number of pyridine rings is 1. The number of aromatic nitrogens is 1. The van der Waals surface area contributed by atoms with Crippen molar-refractivity contribution in [3.05, 3.63) is 76.7 Å². The number of rotatable bonds is 4. The van der Waals surface area contributed by atoms with Crippen molar-refractivity contribution in [1.29, 1.82) is 0 Å². The predicted molar refractivity (Wildman–Crippen MR) is 114 cm³/mol. The summed E-state index contributed by atoms with van der Waals surface area (Å²) in [6.07, 6.45) is 1.80. The molecule has 0 unspecified atom stereocenters. The average molecular weight is 405 g/mol. The molecule has 5 nitrogen and oxygen atoms in total. The number of hydrogen-bond donors (Lipinski definition) is 1. The number of benzene rings is 2. The van der Waals surface area contributed by atoms with E-state index in [0.717, 1.165) is 5.56 Å². The van der Waals surface area contributed by atoms with Crippen LogP contribution in [0.3, 0.4) is 0 Å².